The first kappa shape index (κ1) is 31.9. The van der Waals surface area contributed by atoms with Crippen molar-refractivity contribution in [2.75, 3.05) is 0 Å². The molecule has 0 aliphatic carbocycles. The van der Waals surface area contributed by atoms with Crippen molar-refractivity contribution in [2.45, 2.75) is 0 Å². The van der Waals surface area contributed by atoms with Gasteiger partial charge in [-0.05, 0) is 0 Å². The predicted octanol–water partition coefficient (Wildman–Crippen LogP) is 9.17. The molecule has 0 bridgehead atoms. The van der Waals surface area contributed by atoms with Crippen molar-refractivity contribution in [1.82, 2.24) is 0 Å². The molecule has 0 aromatic carbocycles. The fourth-order valence-electron chi connectivity index (χ4n) is 0. The van der Waals surface area contributed by atoms with Gasteiger partial charge in [-0.1, -0.05) is 0 Å². The topological polar surface area (TPSA) is 0 Å². The van der Waals surface area contributed by atoms with Crippen LogP contribution in [0.3, 0.4) is 0 Å². The van der Waals surface area contributed by atoms with Gasteiger partial charge in [-0.2, -0.15) is 50.4 Å². The molecule has 0 radical (unpaired) electrons. The molecule has 18 heavy (non-hydrogen) atoms. The Morgan fingerprint density at radius 3 is 0.389 bits per heavy atom. The second-order valence-corrected chi connectivity index (χ2v) is 2.30. The molecule has 0 unspecified atom stereocenters. The van der Waals surface area contributed by atoms with Crippen LogP contribution in [0, 0.1) is 0 Å². The molecule has 0 saturated heterocycles. The Bertz CT molecular complexity index is 67.1. The first-order valence-corrected chi connectivity index (χ1v) is 8.46. The van der Waals surface area contributed by atoms with Gasteiger partial charge in [0, 0.05) is 0 Å². The van der Waals surface area contributed by atoms with E-state index in [1.807, 2.05) is 17.3 Å². The Morgan fingerprint density at radius 2 is 0.389 bits per heavy atom. The molecule has 0 aromatic rings. The average Bonchev–Trinajstić information content (AvgIpc) is 2.01. The molecule has 0 atom stereocenters. The van der Waals surface area contributed by atoms with E-state index in [9.17, 15) is 50.4 Å². The van der Waals surface area contributed by atoms with Gasteiger partial charge in [0.05, 0.1) is 0 Å². The Kier molecular flexibility index (Phi) is 55.5. The van der Waals surface area contributed by atoms with Crippen LogP contribution in [-0.4, -0.2) is 0 Å². The maximum absolute atomic E-state index is 9.73. The molecule has 0 nitrogen and oxygen atoms in total. The summed E-state index contributed by atoms with van der Waals surface area (Å²) in [5, 5.41) is 0. The molecule has 0 saturated carbocycles. The van der Waals surface area contributed by atoms with Crippen LogP contribution in [0.1, 0.15) is 0 Å². The van der Waals surface area contributed by atoms with Gasteiger partial charge in [-0.15, -0.1) is 0 Å². The van der Waals surface area contributed by atoms with Crippen molar-refractivity contribution in [3.8, 4) is 0 Å². The Hall–Kier alpha value is 1.79. The molecule has 0 N–H and O–H groups in total. The first-order chi connectivity index (χ1) is 7.93. The quantitative estimate of drug-likeness (QED) is 0.181. The minimum atomic E-state index is -4.12. The maximum atomic E-state index is 9.73. The molecule has 0 fully saturated rings. The van der Waals surface area contributed by atoms with Gasteiger partial charge in [-0.25, -0.2) is 0 Å². The molecule has 0 amide bonds. The van der Waals surface area contributed by atoms with Gasteiger partial charge in [0.1, 0.15) is 0 Å². The number of hydrogen-bond donors (Lipinski definition) is 0. The fraction of sp³-hybridized carbons (Fsp3) is 0. The van der Waals surface area contributed by atoms with E-state index in [1.165, 1.54) is 0 Å². The minimum absolute atomic E-state index is 1.82. The first-order valence-electron chi connectivity index (χ1n) is 2.16. The van der Waals surface area contributed by atoms with Crippen LogP contribution in [0.15, 0.2) is 0 Å². The predicted molar refractivity (Wildman–Crippen MR) is 46.8 cm³/mol. The summed E-state index contributed by atoms with van der Waals surface area (Å²) in [6.07, 6.45) is 0. The van der Waals surface area contributed by atoms with Crippen molar-refractivity contribution in [3.05, 3.63) is 0 Å². The van der Waals surface area contributed by atoms with E-state index in [0.29, 0.717) is 0 Å². The van der Waals surface area contributed by atoms with Gasteiger partial charge in [0.25, 0.3) is 0 Å². The number of rotatable bonds is 0. The normalized spacial score (nSPS) is 8.33. The standard InChI is InChI=1S/ClH.4F3P.Ru/c;4*1-4(2)3;/h1H;;;;;/q;;;;;+1/p-1. The third-order valence-corrected chi connectivity index (χ3v) is 0. The van der Waals surface area contributed by atoms with Crippen LogP contribution in [0.5, 0.6) is 0 Å². The molecule has 0 spiro atoms. The second-order valence-electron chi connectivity index (χ2n) is 0.767. The van der Waals surface area contributed by atoms with Crippen LogP contribution >= 0.6 is 45.1 Å². The summed E-state index contributed by atoms with van der Waals surface area (Å²) in [4.78, 5) is 0. The molecule has 119 valence electrons. The summed E-state index contributed by atoms with van der Waals surface area (Å²) < 4.78 is 117. The van der Waals surface area contributed by atoms with E-state index >= 15 is 0 Å². The van der Waals surface area contributed by atoms with E-state index in [4.69, 9.17) is 0 Å². The van der Waals surface area contributed by atoms with Gasteiger partial charge in [0.2, 0.25) is 0 Å². The van der Waals surface area contributed by atoms with Gasteiger partial charge >= 0.3 is 62.4 Å². The summed E-state index contributed by atoms with van der Waals surface area (Å²) in [7, 11) is -11.9. The molecule has 0 aliphatic heterocycles. The summed E-state index contributed by atoms with van der Waals surface area (Å²) in [6.45, 7) is 0. The zero-order chi connectivity index (χ0) is 16.3. The van der Waals surface area contributed by atoms with Crippen molar-refractivity contribution >= 4 is 45.1 Å². The van der Waals surface area contributed by atoms with E-state index in [-0.39, 0.29) is 0 Å². The monoisotopic (exact) mass is 489 g/mol. The van der Waals surface area contributed by atoms with Gasteiger partial charge < -0.3 is 0 Å². The summed E-state index contributed by atoms with van der Waals surface area (Å²) in [5.74, 6) is 0. The van der Waals surface area contributed by atoms with Crippen molar-refractivity contribution in [3.63, 3.8) is 0 Å². The van der Waals surface area contributed by atoms with Crippen LogP contribution in [0.25, 0.3) is 0 Å². The second kappa shape index (κ2) is 31.3. The SMILES string of the molecule is FP(F)F.FP(F)F.FP(F)F.FP(F)F.[Cl][Ru]. The van der Waals surface area contributed by atoms with Gasteiger partial charge in [0.15, 0.2) is 0 Å². The summed E-state index contributed by atoms with van der Waals surface area (Å²) in [5.41, 5.74) is 0. The van der Waals surface area contributed by atoms with Crippen molar-refractivity contribution in [1.29, 1.82) is 0 Å². The zero-order valence-corrected chi connectivity index (χ0v) is 13.1. The average molecular weight is 488 g/mol. The molecule has 0 aliphatic rings. The molecular formula is ClF12P4Ru. The summed E-state index contributed by atoms with van der Waals surface area (Å²) >= 11 is 1.82. The molecular weight excluding hydrogens is 488 g/mol. The third kappa shape index (κ3) is 1560. The number of hydrogen-bond acceptors (Lipinski definition) is 0. The fourth-order valence-corrected chi connectivity index (χ4v) is 0. The Balaban J connectivity index is -0.0000000399. The Labute approximate surface area is 113 Å². The molecule has 0 aromatic heterocycles. The van der Waals surface area contributed by atoms with E-state index in [0.717, 1.165) is 0 Å². The summed E-state index contributed by atoms with van der Waals surface area (Å²) in [6, 6.07) is 0. The van der Waals surface area contributed by atoms with Crippen molar-refractivity contribution in [2.24, 2.45) is 0 Å². The van der Waals surface area contributed by atoms with Crippen LogP contribution in [-0.2, 0) is 17.3 Å². The van der Waals surface area contributed by atoms with Crippen molar-refractivity contribution < 1.29 is 67.7 Å². The molecule has 0 heterocycles. The van der Waals surface area contributed by atoms with Crippen LogP contribution in [0.2, 0.25) is 0 Å². The number of halogens is 13. The van der Waals surface area contributed by atoms with Crippen LogP contribution < -0.4 is 0 Å². The molecule has 0 rings (SSSR count). The van der Waals surface area contributed by atoms with Crippen LogP contribution in [0.4, 0.5) is 50.4 Å². The Morgan fingerprint density at radius 1 is 0.389 bits per heavy atom. The van der Waals surface area contributed by atoms with E-state index < -0.39 is 35.4 Å². The van der Waals surface area contributed by atoms with E-state index in [1.54, 1.807) is 0 Å². The van der Waals surface area contributed by atoms with E-state index in [2.05, 4.69) is 9.69 Å². The van der Waals surface area contributed by atoms with Gasteiger partial charge in [-0.3, -0.25) is 0 Å². The zero-order valence-electron chi connectivity index (χ0n) is 7.06. The third-order valence-electron chi connectivity index (χ3n) is 0. The molecule has 18 heteroatoms.